The fourth-order valence-electron chi connectivity index (χ4n) is 1.59. The van der Waals surface area contributed by atoms with Crippen LogP contribution in [0.25, 0.3) is 6.08 Å². The quantitative estimate of drug-likeness (QED) is 0.362. The highest BCUT2D eigenvalue weighted by Crippen LogP contribution is 2.28. The fourth-order valence-corrected chi connectivity index (χ4v) is 1.59. The maximum absolute atomic E-state index is 11.3. The van der Waals surface area contributed by atoms with Crippen molar-refractivity contribution in [3.63, 3.8) is 0 Å². The fraction of sp³-hybridized carbons (Fsp3) is 0.0909. The van der Waals surface area contributed by atoms with Crippen molar-refractivity contribution in [2.75, 3.05) is 7.11 Å². The average molecular weight is 263 g/mol. The molecule has 1 fully saturated rings. The van der Waals surface area contributed by atoms with Gasteiger partial charge in [0.15, 0.2) is 5.75 Å². The number of ether oxygens (including phenoxy) is 1. The molecule has 1 aromatic rings. The molecule has 8 heteroatoms. The first-order chi connectivity index (χ1) is 9.01. The molecule has 0 bridgehead atoms. The molecular formula is C11H9N3O5. The molecule has 8 nitrogen and oxygen atoms in total. The Morgan fingerprint density at radius 1 is 1.32 bits per heavy atom. The third-order valence-corrected chi connectivity index (χ3v) is 2.43. The highest BCUT2D eigenvalue weighted by molar-refractivity contribution is 6.14. The zero-order valence-corrected chi connectivity index (χ0v) is 9.80. The minimum Gasteiger partial charge on any atom is -0.490 e. The summed E-state index contributed by atoms with van der Waals surface area (Å²) in [6, 6.07) is 3.58. The standard InChI is InChI=1S/C11H9N3O5/c1-19-9-3-2-6(5-8(9)14(17)18)4-7-10(15)13-11(16)12-7/h2-5H,1H3,(H2,12,13,15,16). The first-order valence-electron chi connectivity index (χ1n) is 5.17. The molecular weight excluding hydrogens is 254 g/mol. The lowest BCUT2D eigenvalue weighted by Crippen LogP contribution is -2.22. The van der Waals surface area contributed by atoms with Gasteiger partial charge in [0.05, 0.1) is 12.0 Å². The Balaban J connectivity index is 2.39. The van der Waals surface area contributed by atoms with E-state index in [2.05, 4.69) is 5.32 Å². The van der Waals surface area contributed by atoms with Crippen LogP contribution in [0.1, 0.15) is 5.56 Å². The molecule has 0 spiro atoms. The maximum atomic E-state index is 11.3. The Labute approximate surface area is 107 Å². The topological polar surface area (TPSA) is 111 Å². The number of nitrogens with one attached hydrogen (secondary N) is 2. The SMILES string of the molecule is COc1ccc(C=C2NC(=O)NC2=O)cc1[N+](=O)[O-]. The number of hydrogen-bond donors (Lipinski definition) is 2. The van der Waals surface area contributed by atoms with Crippen molar-refractivity contribution in [1.82, 2.24) is 10.6 Å². The van der Waals surface area contributed by atoms with Crippen molar-refractivity contribution in [1.29, 1.82) is 0 Å². The molecule has 1 heterocycles. The number of rotatable bonds is 3. The molecule has 1 aliphatic heterocycles. The van der Waals surface area contributed by atoms with Gasteiger partial charge in [-0.25, -0.2) is 4.79 Å². The molecule has 0 aliphatic carbocycles. The molecule has 0 aromatic heterocycles. The summed E-state index contributed by atoms with van der Waals surface area (Å²) in [7, 11) is 1.32. The molecule has 0 radical (unpaired) electrons. The van der Waals surface area contributed by atoms with Crippen LogP contribution >= 0.6 is 0 Å². The molecule has 0 atom stereocenters. The predicted octanol–water partition coefficient (Wildman–Crippen LogP) is 0.784. The first kappa shape index (κ1) is 12.6. The Kier molecular flexibility index (Phi) is 3.15. The molecule has 19 heavy (non-hydrogen) atoms. The van der Waals surface area contributed by atoms with Gasteiger partial charge in [0.25, 0.3) is 5.91 Å². The van der Waals surface area contributed by atoms with Gasteiger partial charge in [-0.1, -0.05) is 6.07 Å². The van der Waals surface area contributed by atoms with Crippen LogP contribution in [-0.2, 0) is 4.79 Å². The number of carbonyl (C=O) groups is 2. The Hall–Kier alpha value is -2.90. The zero-order valence-electron chi connectivity index (χ0n) is 9.80. The number of imide groups is 1. The largest absolute Gasteiger partial charge is 0.490 e. The van der Waals surface area contributed by atoms with Gasteiger partial charge in [-0.05, 0) is 17.7 Å². The monoisotopic (exact) mass is 263 g/mol. The van der Waals surface area contributed by atoms with E-state index in [4.69, 9.17) is 4.74 Å². The second kappa shape index (κ2) is 4.77. The zero-order chi connectivity index (χ0) is 14.0. The molecule has 0 unspecified atom stereocenters. The van der Waals surface area contributed by atoms with Crippen molar-refractivity contribution < 1.29 is 19.2 Å². The van der Waals surface area contributed by atoms with Crippen LogP contribution in [0.5, 0.6) is 5.75 Å². The summed E-state index contributed by atoms with van der Waals surface area (Å²) in [6.45, 7) is 0. The van der Waals surface area contributed by atoms with E-state index in [1.54, 1.807) is 0 Å². The third-order valence-electron chi connectivity index (χ3n) is 2.43. The number of nitro groups is 1. The molecule has 0 saturated carbocycles. The third kappa shape index (κ3) is 2.51. The van der Waals surface area contributed by atoms with Crippen molar-refractivity contribution in [2.45, 2.75) is 0 Å². The normalized spacial score (nSPS) is 16.2. The van der Waals surface area contributed by atoms with E-state index in [-0.39, 0.29) is 17.1 Å². The highest BCUT2D eigenvalue weighted by Gasteiger charge is 2.23. The summed E-state index contributed by atoms with van der Waals surface area (Å²) in [4.78, 5) is 32.5. The summed E-state index contributed by atoms with van der Waals surface area (Å²) < 4.78 is 4.86. The van der Waals surface area contributed by atoms with Crippen LogP contribution in [0.4, 0.5) is 10.5 Å². The Morgan fingerprint density at radius 3 is 2.58 bits per heavy atom. The van der Waals surface area contributed by atoms with Crippen LogP contribution in [0.3, 0.4) is 0 Å². The van der Waals surface area contributed by atoms with Crippen molar-refractivity contribution in [3.05, 3.63) is 39.6 Å². The van der Waals surface area contributed by atoms with Crippen molar-refractivity contribution in [3.8, 4) is 5.75 Å². The first-order valence-corrected chi connectivity index (χ1v) is 5.17. The molecule has 2 N–H and O–H groups in total. The smallest absolute Gasteiger partial charge is 0.326 e. The number of amides is 3. The molecule has 1 aliphatic rings. The number of nitro benzene ring substituents is 1. The van der Waals surface area contributed by atoms with E-state index in [9.17, 15) is 19.7 Å². The van der Waals surface area contributed by atoms with Crippen LogP contribution in [0, 0.1) is 10.1 Å². The van der Waals surface area contributed by atoms with E-state index >= 15 is 0 Å². The maximum Gasteiger partial charge on any atom is 0.326 e. The van der Waals surface area contributed by atoms with Gasteiger partial charge in [-0.2, -0.15) is 0 Å². The van der Waals surface area contributed by atoms with Gasteiger partial charge >= 0.3 is 11.7 Å². The van der Waals surface area contributed by atoms with Crippen molar-refractivity contribution in [2.24, 2.45) is 0 Å². The summed E-state index contributed by atoms with van der Waals surface area (Å²) in [5.41, 5.74) is 0.214. The minimum atomic E-state index is -0.626. The summed E-state index contributed by atoms with van der Waals surface area (Å²) >= 11 is 0. The van der Waals surface area contributed by atoms with Crippen LogP contribution in [-0.4, -0.2) is 24.0 Å². The van der Waals surface area contributed by atoms with E-state index in [0.29, 0.717) is 5.56 Å². The van der Waals surface area contributed by atoms with E-state index in [0.717, 1.165) is 0 Å². The minimum absolute atomic E-state index is 0.0319. The van der Waals surface area contributed by atoms with Gasteiger partial charge in [0, 0.05) is 6.07 Å². The Morgan fingerprint density at radius 2 is 2.05 bits per heavy atom. The van der Waals surface area contributed by atoms with Crippen molar-refractivity contribution >= 4 is 23.7 Å². The second-order valence-corrected chi connectivity index (χ2v) is 3.65. The van der Waals surface area contributed by atoms with Gasteiger partial charge in [-0.15, -0.1) is 0 Å². The number of methoxy groups -OCH3 is 1. The summed E-state index contributed by atoms with van der Waals surface area (Å²) in [5, 5.41) is 15.2. The van der Waals surface area contributed by atoms with E-state index in [1.165, 1.54) is 31.4 Å². The van der Waals surface area contributed by atoms with E-state index < -0.39 is 16.9 Å². The number of nitrogens with zero attached hydrogens (tertiary/aromatic N) is 1. The van der Waals surface area contributed by atoms with Gasteiger partial charge in [0.1, 0.15) is 5.70 Å². The number of hydrogen-bond acceptors (Lipinski definition) is 5. The molecule has 1 aromatic carbocycles. The summed E-state index contributed by atoms with van der Waals surface area (Å²) in [5.74, 6) is -0.462. The molecule has 3 amide bonds. The van der Waals surface area contributed by atoms with Gasteiger partial charge in [0.2, 0.25) is 0 Å². The lowest BCUT2D eigenvalue weighted by molar-refractivity contribution is -0.385. The average Bonchev–Trinajstić information content (AvgIpc) is 2.67. The summed E-state index contributed by atoms with van der Waals surface area (Å²) in [6.07, 6.45) is 1.34. The van der Waals surface area contributed by atoms with Crippen LogP contribution < -0.4 is 15.4 Å². The molecule has 1 saturated heterocycles. The molecule has 2 rings (SSSR count). The van der Waals surface area contributed by atoms with E-state index in [1.807, 2.05) is 5.32 Å². The number of benzene rings is 1. The van der Waals surface area contributed by atoms with Crippen LogP contribution in [0.2, 0.25) is 0 Å². The lowest BCUT2D eigenvalue weighted by Gasteiger charge is -2.02. The second-order valence-electron chi connectivity index (χ2n) is 3.65. The number of urea groups is 1. The highest BCUT2D eigenvalue weighted by atomic mass is 16.6. The Bertz CT molecular complexity index is 608. The predicted molar refractivity (Wildman–Crippen MR) is 64.3 cm³/mol. The lowest BCUT2D eigenvalue weighted by atomic mass is 10.1. The van der Waals surface area contributed by atoms with Gasteiger partial charge in [-0.3, -0.25) is 20.2 Å². The molecule has 98 valence electrons. The van der Waals surface area contributed by atoms with Gasteiger partial charge < -0.3 is 10.1 Å². The number of carbonyl (C=O) groups excluding carboxylic acids is 2. The van der Waals surface area contributed by atoms with Crippen LogP contribution in [0.15, 0.2) is 23.9 Å².